The van der Waals surface area contributed by atoms with Gasteiger partial charge in [0.15, 0.2) is 5.43 Å². The van der Waals surface area contributed by atoms with Crippen molar-refractivity contribution in [2.75, 3.05) is 0 Å². The van der Waals surface area contributed by atoms with Crippen molar-refractivity contribution < 1.29 is 5.21 Å². The summed E-state index contributed by atoms with van der Waals surface area (Å²) in [7, 11) is 0. The summed E-state index contributed by atoms with van der Waals surface area (Å²) in [6.45, 7) is 10.4. The van der Waals surface area contributed by atoms with Crippen molar-refractivity contribution in [3.8, 4) is 0 Å². The van der Waals surface area contributed by atoms with Crippen LogP contribution in [0.1, 0.15) is 64.6 Å². The molecule has 0 radical (unpaired) electrons. The third-order valence-electron chi connectivity index (χ3n) is 5.18. The summed E-state index contributed by atoms with van der Waals surface area (Å²) in [6, 6.07) is 7.19. The van der Waals surface area contributed by atoms with E-state index in [1.165, 1.54) is 16.7 Å². The van der Waals surface area contributed by atoms with Crippen LogP contribution < -0.4 is 5.43 Å². The molecule has 28 heavy (non-hydrogen) atoms. The second-order valence-corrected chi connectivity index (χ2v) is 7.89. The third kappa shape index (κ3) is 5.72. The normalized spacial score (nSPS) is 12.5. The number of aromatic nitrogens is 1. The first-order valence-corrected chi connectivity index (χ1v) is 10.1. The summed E-state index contributed by atoms with van der Waals surface area (Å²) in [5.41, 5.74) is 5.92. The number of benzene rings is 1. The SMILES string of the molecule is CC(C)=CCCC(C)=CCCC(C)=CCc1c(C)n(O)c2ccccc2c1=O. The number of hydrogen-bond donors (Lipinski definition) is 1. The molecule has 0 unspecified atom stereocenters. The molecular weight excluding hydrogens is 346 g/mol. The van der Waals surface area contributed by atoms with Gasteiger partial charge in [0.1, 0.15) is 0 Å². The minimum absolute atomic E-state index is 0.0115. The van der Waals surface area contributed by atoms with Gasteiger partial charge in [-0.25, -0.2) is 0 Å². The second-order valence-electron chi connectivity index (χ2n) is 7.89. The minimum Gasteiger partial charge on any atom is -0.428 e. The quantitative estimate of drug-likeness (QED) is 0.420. The van der Waals surface area contributed by atoms with Crippen LogP contribution in [0.5, 0.6) is 0 Å². The Kier molecular flexibility index (Phi) is 7.86. The Labute approximate surface area is 168 Å². The summed E-state index contributed by atoms with van der Waals surface area (Å²) in [6.07, 6.45) is 11.5. The van der Waals surface area contributed by atoms with Crippen molar-refractivity contribution in [1.29, 1.82) is 0 Å². The lowest BCUT2D eigenvalue weighted by molar-refractivity contribution is 0.190. The van der Waals surface area contributed by atoms with Crippen LogP contribution in [0, 0.1) is 6.92 Å². The number of hydrogen-bond acceptors (Lipinski definition) is 2. The Morgan fingerprint density at radius 1 is 0.964 bits per heavy atom. The highest BCUT2D eigenvalue weighted by Gasteiger charge is 2.12. The van der Waals surface area contributed by atoms with Gasteiger partial charge in [0.25, 0.3) is 0 Å². The van der Waals surface area contributed by atoms with E-state index in [1.54, 1.807) is 19.1 Å². The molecule has 3 nitrogen and oxygen atoms in total. The van der Waals surface area contributed by atoms with Gasteiger partial charge in [-0.1, -0.05) is 47.1 Å². The van der Waals surface area contributed by atoms with E-state index in [0.717, 1.165) is 30.4 Å². The number of para-hydroxylation sites is 1. The third-order valence-corrected chi connectivity index (χ3v) is 5.18. The van der Waals surface area contributed by atoms with Gasteiger partial charge in [-0.2, -0.15) is 4.73 Å². The molecule has 2 aromatic rings. The minimum atomic E-state index is 0.0115. The molecule has 3 heteroatoms. The number of fused-ring (bicyclic) bond motifs is 1. The van der Waals surface area contributed by atoms with E-state index in [0.29, 0.717) is 28.6 Å². The van der Waals surface area contributed by atoms with Crippen LogP contribution in [0.3, 0.4) is 0 Å². The zero-order valence-electron chi connectivity index (χ0n) is 17.9. The highest BCUT2D eigenvalue weighted by Crippen LogP contribution is 2.16. The van der Waals surface area contributed by atoms with Crippen LogP contribution in [0.25, 0.3) is 10.9 Å². The van der Waals surface area contributed by atoms with Crippen LogP contribution >= 0.6 is 0 Å². The molecule has 0 bridgehead atoms. The maximum Gasteiger partial charge on any atom is 0.193 e. The fourth-order valence-corrected chi connectivity index (χ4v) is 3.34. The average molecular weight is 380 g/mol. The van der Waals surface area contributed by atoms with Crippen LogP contribution in [0.15, 0.2) is 64.0 Å². The zero-order valence-corrected chi connectivity index (χ0v) is 17.9. The maximum atomic E-state index is 12.8. The van der Waals surface area contributed by atoms with Crippen LogP contribution in [0.4, 0.5) is 0 Å². The fraction of sp³-hybridized carbons (Fsp3) is 0.400. The van der Waals surface area contributed by atoms with E-state index in [2.05, 4.69) is 45.9 Å². The van der Waals surface area contributed by atoms with Gasteiger partial charge in [0.2, 0.25) is 0 Å². The maximum absolute atomic E-state index is 12.8. The number of nitrogens with zero attached hydrogens (tertiary/aromatic N) is 1. The summed E-state index contributed by atoms with van der Waals surface area (Å²) >= 11 is 0. The molecule has 1 aromatic heterocycles. The number of allylic oxidation sites excluding steroid dienone is 6. The topological polar surface area (TPSA) is 42.2 Å². The molecule has 1 aromatic carbocycles. The molecule has 0 atom stereocenters. The lowest BCUT2D eigenvalue weighted by Crippen LogP contribution is -2.17. The molecule has 0 aliphatic heterocycles. The van der Waals surface area contributed by atoms with Crippen molar-refractivity contribution >= 4 is 10.9 Å². The molecule has 0 saturated carbocycles. The van der Waals surface area contributed by atoms with Crippen molar-refractivity contribution in [3.05, 3.63) is 80.7 Å². The predicted octanol–water partition coefficient (Wildman–Crippen LogP) is 6.51. The summed E-state index contributed by atoms with van der Waals surface area (Å²) in [5, 5.41) is 10.9. The molecular formula is C25H33NO2. The fourth-order valence-electron chi connectivity index (χ4n) is 3.34. The lowest BCUT2D eigenvalue weighted by atomic mass is 10.0. The first-order valence-electron chi connectivity index (χ1n) is 10.1. The summed E-state index contributed by atoms with van der Waals surface area (Å²) in [5.74, 6) is 0. The van der Waals surface area contributed by atoms with E-state index in [9.17, 15) is 10.0 Å². The van der Waals surface area contributed by atoms with Crippen LogP contribution in [0.2, 0.25) is 0 Å². The molecule has 0 saturated heterocycles. The molecule has 0 aliphatic rings. The van der Waals surface area contributed by atoms with Gasteiger partial charge in [-0.05, 0) is 78.9 Å². The molecule has 1 N–H and O–H groups in total. The molecule has 0 amide bonds. The molecule has 0 fully saturated rings. The van der Waals surface area contributed by atoms with Crippen molar-refractivity contribution in [2.24, 2.45) is 0 Å². The van der Waals surface area contributed by atoms with Gasteiger partial charge >= 0.3 is 0 Å². The van der Waals surface area contributed by atoms with Crippen molar-refractivity contribution in [2.45, 2.75) is 66.7 Å². The average Bonchev–Trinajstić information content (AvgIpc) is 2.66. The van der Waals surface area contributed by atoms with Gasteiger partial charge in [0.05, 0.1) is 11.2 Å². The van der Waals surface area contributed by atoms with E-state index in [4.69, 9.17) is 0 Å². The second kappa shape index (κ2) is 10.1. The summed E-state index contributed by atoms with van der Waals surface area (Å²) in [4.78, 5) is 12.8. The van der Waals surface area contributed by atoms with Crippen LogP contribution in [-0.2, 0) is 6.42 Å². The zero-order chi connectivity index (χ0) is 20.7. The van der Waals surface area contributed by atoms with Gasteiger partial charge in [-0.15, -0.1) is 0 Å². The largest absolute Gasteiger partial charge is 0.428 e. The van der Waals surface area contributed by atoms with Gasteiger partial charge < -0.3 is 5.21 Å². The Morgan fingerprint density at radius 3 is 2.25 bits per heavy atom. The molecule has 2 rings (SSSR count). The highest BCUT2D eigenvalue weighted by atomic mass is 16.5. The number of pyridine rings is 1. The molecule has 1 heterocycles. The standard InChI is InChI=1S/C25H33NO2/c1-18(2)10-8-11-19(3)12-9-13-20(4)16-17-22-21(5)26(28)24-15-7-6-14-23(24)25(22)27/h6-7,10,12,14-16,28H,8-9,11,13,17H2,1-5H3. The monoisotopic (exact) mass is 379 g/mol. The highest BCUT2D eigenvalue weighted by molar-refractivity contribution is 5.79. The Hall–Kier alpha value is -2.55. The van der Waals surface area contributed by atoms with E-state index >= 15 is 0 Å². The van der Waals surface area contributed by atoms with E-state index in [-0.39, 0.29) is 5.43 Å². The van der Waals surface area contributed by atoms with E-state index in [1.807, 2.05) is 12.1 Å². The molecule has 0 spiro atoms. The smallest absolute Gasteiger partial charge is 0.193 e. The lowest BCUT2D eigenvalue weighted by Gasteiger charge is -2.11. The first kappa shape index (κ1) is 21.7. The van der Waals surface area contributed by atoms with Crippen molar-refractivity contribution in [3.63, 3.8) is 0 Å². The Morgan fingerprint density at radius 2 is 1.57 bits per heavy atom. The van der Waals surface area contributed by atoms with E-state index < -0.39 is 0 Å². The van der Waals surface area contributed by atoms with Gasteiger partial charge in [0, 0.05) is 10.9 Å². The van der Waals surface area contributed by atoms with Gasteiger partial charge in [-0.3, -0.25) is 4.79 Å². The molecule has 0 aliphatic carbocycles. The molecule has 150 valence electrons. The number of rotatable bonds is 8. The predicted molar refractivity (Wildman–Crippen MR) is 119 cm³/mol. The Balaban J connectivity index is 2.04. The Bertz CT molecular complexity index is 970. The van der Waals surface area contributed by atoms with Crippen LogP contribution in [-0.4, -0.2) is 9.94 Å². The first-order chi connectivity index (χ1) is 13.3. The van der Waals surface area contributed by atoms with Crippen molar-refractivity contribution in [1.82, 2.24) is 4.73 Å². The summed E-state index contributed by atoms with van der Waals surface area (Å²) < 4.78 is 1.13.